The van der Waals surface area contributed by atoms with Gasteiger partial charge in [0.2, 0.25) is 5.56 Å². The van der Waals surface area contributed by atoms with Gasteiger partial charge in [0.1, 0.15) is 0 Å². The van der Waals surface area contributed by atoms with Gasteiger partial charge in [-0.2, -0.15) is 0 Å². The van der Waals surface area contributed by atoms with Crippen LogP contribution in [0.25, 0.3) is 0 Å². The zero-order valence-corrected chi connectivity index (χ0v) is 7.65. The lowest BCUT2D eigenvalue weighted by Gasteiger charge is -2.03. The van der Waals surface area contributed by atoms with Crippen LogP contribution in [-0.2, 0) is 6.54 Å². The maximum Gasteiger partial charge on any atom is 0.250 e. The van der Waals surface area contributed by atoms with E-state index in [1.54, 1.807) is 22.9 Å². The molecule has 0 aliphatic heterocycles. The summed E-state index contributed by atoms with van der Waals surface area (Å²) in [6, 6.07) is 5.16. The van der Waals surface area contributed by atoms with Gasteiger partial charge in [-0.3, -0.25) is 4.79 Å². The fourth-order valence-electron chi connectivity index (χ4n) is 1.22. The molecule has 0 aliphatic rings. The van der Waals surface area contributed by atoms with Gasteiger partial charge in [0.15, 0.2) is 0 Å². The zero-order valence-electron chi connectivity index (χ0n) is 7.65. The lowest BCUT2D eigenvalue weighted by molar-refractivity contribution is 0.281. The van der Waals surface area contributed by atoms with E-state index >= 15 is 0 Å². The predicted molar refractivity (Wildman–Crippen MR) is 51.6 cm³/mol. The number of nitrogens with zero attached hydrogens (tertiary/aromatic N) is 1. The number of aryl methyl sites for hydroxylation is 1. The number of unbranched alkanes of at least 4 members (excludes halogenated alkanes) is 2. The number of hydrogen-bond acceptors (Lipinski definition) is 2. The first-order valence-corrected chi connectivity index (χ1v) is 4.61. The van der Waals surface area contributed by atoms with Crippen LogP contribution in [0.4, 0.5) is 0 Å². The summed E-state index contributed by atoms with van der Waals surface area (Å²) in [7, 11) is 0. The van der Waals surface area contributed by atoms with Gasteiger partial charge < -0.3 is 9.67 Å². The van der Waals surface area contributed by atoms with E-state index in [0.717, 1.165) is 25.8 Å². The van der Waals surface area contributed by atoms with Crippen molar-refractivity contribution < 1.29 is 5.11 Å². The third kappa shape index (κ3) is 3.42. The average molecular weight is 181 g/mol. The van der Waals surface area contributed by atoms with Gasteiger partial charge in [0, 0.05) is 25.4 Å². The van der Waals surface area contributed by atoms with Crippen molar-refractivity contribution in [1.29, 1.82) is 0 Å². The van der Waals surface area contributed by atoms with E-state index in [1.165, 1.54) is 0 Å². The Morgan fingerprint density at radius 3 is 2.77 bits per heavy atom. The third-order valence-corrected chi connectivity index (χ3v) is 1.96. The number of aliphatic hydroxyl groups excluding tert-OH is 1. The molecule has 0 spiro atoms. The van der Waals surface area contributed by atoms with E-state index in [-0.39, 0.29) is 12.2 Å². The highest BCUT2D eigenvalue weighted by Crippen LogP contribution is 1.96. The van der Waals surface area contributed by atoms with Crippen molar-refractivity contribution in [2.45, 2.75) is 25.8 Å². The van der Waals surface area contributed by atoms with Crippen molar-refractivity contribution in [3.05, 3.63) is 34.7 Å². The van der Waals surface area contributed by atoms with Crippen molar-refractivity contribution in [2.24, 2.45) is 0 Å². The van der Waals surface area contributed by atoms with E-state index in [0.29, 0.717) is 0 Å². The molecule has 3 heteroatoms. The molecule has 0 unspecified atom stereocenters. The Bertz CT molecular complexity index is 293. The number of aromatic nitrogens is 1. The van der Waals surface area contributed by atoms with E-state index in [9.17, 15) is 4.79 Å². The summed E-state index contributed by atoms with van der Waals surface area (Å²) in [5, 5.41) is 8.55. The first-order valence-electron chi connectivity index (χ1n) is 4.61. The van der Waals surface area contributed by atoms with Gasteiger partial charge in [-0.15, -0.1) is 0 Å². The summed E-state index contributed by atoms with van der Waals surface area (Å²) in [4.78, 5) is 11.2. The Morgan fingerprint density at radius 2 is 2.08 bits per heavy atom. The normalized spacial score (nSPS) is 10.2. The Hall–Kier alpha value is -1.09. The molecular formula is C10H15NO2. The van der Waals surface area contributed by atoms with Crippen molar-refractivity contribution >= 4 is 0 Å². The number of rotatable bonds is 5. The summed E-state index contributed by atoms with van der Waals surface area (Å²) < 4.78 is 1.69. The summed E-state index contributed by atoms with van der Waals surface area (Å²) in [5.74, 6) is 0. The Kier molecular flexibility index (Phi) is 4.26. The van der Waals surface area contributed by atoms with Crippen LogP contribution in [-0.4, -0.2) is 16.3 Å². The minimum atomic E-state index is 0.0477. The molecule has 72 valence electrons. The average Bonchev–Trinajstić information content (AvgIpc) is 2.15. The molecule has 13 heavy (non-hydrogen) atoms. The van der Waals surface area contributed by atoms with Crippen LogP contribution >= 0.6 is 0 Å². The highest BCUT2D eigenvalue weighted by Gasteiger charge is 1.92. The fraction of sp³-hybridized carbons (Fsp3) is 0.500. The maximum absolute atomic E-state index is 11.2. The van der Waals surface area contributed by atoms with Gasteiger partial charge >= 0.3 is 0 Å². The topological polar surface area (TPSA) is 42.2 Å². The summed E-state index contributed by atoms with van der Waals surface area (Å²) in [6.45, 7) is 0.989. The van der Waals surface area contributed by atoms with Gasteiger partial charge in [-0.25, -0.2) is 0 Å². The van der Waals surface area contributed by atoms with Crippen LogP contribution in [0.15, 0.2) is 29.2 Å². The molecule has 1 rings (SSSR count). The molecule has 0 atom stereocenters. The summed E-state index contributed by atoms with van der Waals surface area (Å²) >= 11 is 0. The van der Waals surface area contributed by atoms with E-state index in [4.69, 9.17) is 5.11 Å². The third-order valence-electron chi connectivity index (χ3n) is 1.96. The first-order chi connectivity index (χ1) is 6.34. The maximum atomic E-state index is 11.2. The van der Waals surface area contributed by atoms with E-state index in [1.807, 2.05) is 6.07 Å². The van der Waals surface area contributed by atoms with Gasteiger partial charge in [0.05, 0.1) is 0 Å². The highest BCUT2D eigenvalue weighted by molar-refractivity contribution is 4.92. The lowest BCUT2D eigenvalue weighted by atomic mass is 10.2. The van der Waals surface area contributed by atoms with Crippen LogP contribution in [0.3, 0.4) is 0 Å². The molecule has 0 aromatic carbocycles. The van der Waals surface area contributed by atoms with Gasteiger partial charge in [-0.1, -0.05) is 6.07 Å². The molecular weight excluding hydrogens is 166 g/mol. The minimum Gasteiger partial charge on any atom is -0.396 e. The van der Waals surface area contributed by atoms with Gasteiger partial charge in [-0.05, 0) is 25.3 Å². The van der Waals surface area contributed by atoms with Crippen LogP contribution in [0.5, 0.6) is 0 Å². The monoisotopic (exact) mass is 181 g/mol. The summed E-state index contributed by atoms with van der Waals surface area (Å²) in [5.41, 5.74) is 0.0477. The lowest BCUT2D eigenvalue weighted by Crippen LogP contribution is -2.17. The second-order valence-electron chi connectivity index (χ2n) is 3.02. The number of hydrogen-bond donors (Lipinski definition) is 1. The van der Waals surface area contributed by atoms with Gasteiger partial charge in [0.25, 0.3) is 0 Å². The number of pyridine rings is 1. The molecule has 0 radical (unpaired) electrons. The predicted octanol–water partition coefficient (Wildman–Crippen LogP) is 1.01. The standard InChI is InChI=1S/C10H15NO2/c12-9-5-1-3-7-11-8-4-2-6-10(11)13/h2,4,6,8,12H,1,3,5,7,9H2. The van der Waals surface area contributed by atoms with E-state index in [2.05, 4.69) is 0 Å². The summed E-state index contributed by atoms with van der Waals surface area (Å²) in [6.07, 6.45) is 4.53. The molecule has 0 saturated heterocycles. The second kappa shape index (κ2) is 5.54. The SMILES string of the molecule is O=c1ccccn1CCCCCO. The molecule has 1 aromatic rings. The molecule has 1 aromatic heterocycles. The number of aliphatic hydroxyl groups is 1. The van der Waals surface area contributed by atoms with Crippen molar-refractivity contribution in [2.75, 3.05) is 6.61 Å². The van der Waals surface area contributed by atoms with Crippen LogP contribution in [0.1, 0.15) is 19.3 Å². The van der Waals surface area contributed by atoms with E-state index < -0.39 is 0 Å². The molecule has 3 nitrogen and oxygen atoms in total. The molecule has 0 aliphatic carbocycles. The smallest absolute Gasteiger partial charge is 0.250 e. The Balaban J connectivity index is 2.37. The van der Waals surface area contributed by atoms with Crippen molar-refractivity contribution in [3.63, 3.8) is 0 Å². The second-order valence-corrected chi connectivity index (χ2v) is 3.02. The molecule has 0 saturated carbocycles. The molecule has 1 N–H and O–H groups in total. The van der Waals surface area contributed by atoms with Crippen LogP contribution in [0, 0.1) is 0 Å². The zero-order chi connectivity index (χ0) is 9.52. The molecule has 1 heterocycles. The van der Waals surface area contributed by atoms with Crippen molar-refractivity contribution in [3.8, 4) is 0 Å². The quantitative estimate of drug-likeness (QED) is 0.689. The Labute approximate surface area is 77.6 Å². The minimum absolute atomic E-state index is 0.0477. The Morgan fingerprint density at radius 1 is 1.23 bits per heavy atom. The molecule has 0 amide bonds. The fourth-order valence-corrected chi connectivity index (χ4v) is 1.22. The van der Waals surface area contributed by atoms with Crippen molar-refractivity contribution in [1.82, 2.24) is 4.57 Å². The highest BCUT2D eigenvalue weighted by atomic mass is 16.2. The van der Waals surface area contributed by atoms with Crippen LogP contribution < -0.4 is 5.56 Å². The van der Waals surface area contributed by atoms with Crippen LogP contribution in [0.2, 0.25) is 0 Å². The largest absolute Gasteiger partial charge is 0.396 e. The molecule has 0 bridgehead atoms. The first kappa shape index (κ1) is 9.99. The molecule has 0 fully saturated rings.